The third-order valence-electron chi connectivity index (χ3n) is 4.71. The van der Waals surface area contributed by atoms with Crippen molar-refractivity contribution in [1.29, 1.82) is 0 Å². The molecule has 1 saturated heterocycles. The van der Waals surface area contributed by atoms with Gasteiger partial charge < -0.3 is 19.5 Å². The molecule has 0 aromatic carbocycles. The predicted octanol–water partition coefficient (Wildman–Crippen LogP) is 1.75. The van der Waals surface area contributed by atoms with Gasteiger partial charge in [0.25, 0.3) is 0 Å². The second-order valence-corrected chi connectivity index (χ2v) is 6.64. The summed E-state index contributed by atoms with van der Waals surface area (Å²) >= 11 is 0. The Kier molecular flexibility index (Phi) is 4.22. The Bertz CT molecular complexity index is 393. The van der Waals surface area contributed by atoms with Gasteiger partial charge in [0.15, 0.2) is 0 Å². The lowest BCUT2D eigenvalue weighted by molar-refractivity contribution is 0.00578. The number of hydrogen-bond acceptors (Lipinski definition) is 5. The second-order valence-electron chi connectivity index (χ2n) is 6.64. The third kappa shape index (κ3) is 2.62. The van der Waals surface area contributed by atoms with Crippen molar-refractivity contribution in [2.75, 3.05) is 20.3 Å². The molecule has 0 radical (unpaired) electrons. The van der Waals surface area contributed by atoms with E-state index in [1.165, 1.54) is 5.47 Å². The molecular weight excluding hydrogens is 255 g/mol. The van der Waals surface area contributed by atoms with E-state index in [2.05, 4.69) is 52.0 Å². The molecule has 114 valence electrons. The first kappa shape index (κ1) is 15.8. The zero-order valence-electron chi connectivity index (χ0n) is 13.7. The van der Waals surface area contributed by atoms with Crippen LogP contribution in [0.25, 0.3) is 0 Å². The van der Waals surface area contributed by atoms with Gasteiger partial charge in [-0.25, -0.2) is 5.01 Å². The van der Waals surface area contributed by atoms with Crippen molar-refractivity contribution in [3.63, 3.8) is 0 Å². The monoisotopic (exact) mass is 282 g/mol. The van der Waals surface area contributed by atoms with Crippen molar-refractivity contribution >= 4 is 7.12 Å². The van der Waals surface area contributed by atoms with Crippen molar-refractivity contribution in [2.45, 2.75) is 58.8 Å². The molecule has 1 atom stereocenters. The molecule has 6 heteroatoms. The summed E-state index contributed by atoms with van der Waals surface area (Å²) in [6, 6.07) is 0.236. The average Bonchev–Trinajstić information content (AvgIpc) is 2.70. The highest BCUT2D eigenvalue weighted by Gasteiger charge is 2.54. The lowest BCUT2D eigenvalue weighted by Crippen LogP contribution is -2.41. The number of allylic oxidation sites excluding steroid dienone is 1. The molecule has 0 aliphatic carbocycles. The molecule has 0 amide bonds. The van der Waals surface area contributed by atoms with Crippen molar-refractivity contribution in [2.24, 2.45) is 0 Å². The number of nitrogens with one attached hydrogen (secondary N) is 1. The molecule has 0 aromatic rings. The van der Waals surface area contributed by atoms with Gasteiger partial charge in [-0.05, 0) is 47.0 Å². The molecule has 20 heavy (non-hydrogen) atoms. The fourth-order valence-electron chi connectivity index (χ4n) is 2.64. The zero-order chi connectivity index (χ0) is 15.1. The highest BCUT2D eigenvalue weighted by Crippen LogP contribution is 2.40. The molecule has 2 heterocycles. The third-order valence-corrected chi connectivity index (χ3v) is 4.71. The van der Waals surface area contributed by atoms with Crippen LogP contribution in [0.4, 0.5) is 0 Å². The number of rotatable bonds is 4. The lowest BCUT2D eigenvalue weighted by Gasteiger charge is -2.32. The summed E-state index contributed by atoms with van der Waals surface area (Å²) in [5.74, 6) is 0. The first-order valence-electron chi connectivity index (χ1n) is 7.28. The molecule has 1 fully saturated rings. The Morgan fingerprint density at radius 3 is 2.30 bits per heavy atom. The topological polar surface area (TPSA) is 43.0 Å². The van der Waals surface area contributed by atoms with Crippen LogP contribution in [0, 0.1) is 0 Å². The van der Waals surface area contributed by atoms with Crippen LogP contribution in [0.5, 0.6) is 0 Å². The maximum absolute atomic E-state index is 6.16. The number of hydrogen-bond donors (Lipinski definition) is 1. The van der Waals surface area contributed by atoms with E-state index in [-0.39, 0.29) is 24.4 Å². The molecule has 0 saturated carbocycles. The highest BCUT2D eigenvalue weighted by atomic mass is 16.7. The normalized spacial score (nSPS) is 29.1. The van der Waals surface area contributed by atoms with E-state index >= 15 is 0 Å². The standard InChI is InChI=1S/C14H27BN2O3/c1-10-12(11(2)17(16-10)8-9-18-7)15-19-13(3,4)14(5,6)20-15/h11,16H,8-9H2,1-7H3. The number of methoxy groups -OCH3 is 1. The van der Waals surface area contributed by atoms with Crippen molar-refractivity contribution in [3.8, 4) is 0 Å². The van der Waals surface area contributed by atoms with Gasteiger partial charge in [0.05, 0.1) is 17.8 Å². The maximum atomic E-state index is 6.16. The largest absolute Gasteiger partial charge is 0.494 e. The quantitative estimate of drug-likeness (QED) is 0.796. The van der Waals surface area contributed by atoms with Crippen LogP contribution in [0.3, 0.4) is 0 Å². The Labute approximate surface area is 122 Å². The van der Waals surface area contributed by atoms with Crippen LogP contribution in [-0.4, -0.2) is 49.6 Å². The van der Waals surface area contributed by atoms with E-state index < -0.39 is 0 Å². The molecule has 1 N–H and O–H groups in total. The summed E-state index contributed by atoms with van der Waals surface area (Å²) in [4.78, 5) is 0. The van der Waals surface area contributed by atoms with Gasteiger partial charge >= 0.3 is 7.12 Å². The molecule has 0 spiro atoms. The van der Waals surface area contributed by atoms with Gasteiger partial charge in [-0.15, -0.1) is 0 Å². The first-order chi connectivity index (χ1) is 9.19. The molecule has 2 aliphatic heterocycles. The zero-order valence-corrected chi connectivity index (χ0v) is 13.7. The van der Waals surface area contributed by atoms with Gasteiger partial charge in [-0.3, -0.25) is 0 Å². The maximum Gasteiger partial charge on any atom is 0.494 e. The van der Waals surface area contributed by atoms with E-state index in [4.69, 9.17) is 14.0 Å². The summed E-state index contributed by atoms with van der Waals surface area (Å²) in [6.07, 6.45) is 0. The second kappa shape index (κ2) is 5.33. The number of hydrazine groups is 1. The van der Waals surface area contributed by atoms with Gasteiger partial charge in [-0.1, -0.05) is 0 Å². The van der Waals surface area contributed by atoms with Crippen LogP contribution in [0.15, 0.2) is 11.2 Å². The molecule has 1 unspecified atom stereocenters. The van der Waals surface area contributed by atoms with Crippen molar-refractivity contribution < 1.29 is 14.0 Å². The lowest BCUT2D eigenvalue weighted by atomic mass is 9.73. The molecule has 0 bridgehead atoms. The van der Waals surface area contributed by atoms with Gasteiger partial charge in [-0.2, -0.15) is 0 Å². The molecular formula is C14H27BN2O3. The molecule has 0 aromatic heterocycles. The number of ether oxygens (including phenoxy) is 1. The minimum Gasteiger partial charge on any atom is -0.399 e. The van der Waals surface area contributed by atoms with Crippen LogP contribution in [0.2, 0.25) is 0 Å². The summed E-state index contributed by atoms with van der Waals surface area (Å²) in [5.41, 5.74) is 5.09. The smallest absolute Gasteiger partial charge is 0.399 e. The molecule has 2 aliphatic rings. The van der Waals surface area contributed by atoms with Crippen LogP contribution < -0.4 is 5.43 Å². The van der Waals surface area contributed by atoms with Crippen LogP contribution >= 0.6 is 0 Å². The average molecular weight is 282 g/mol. The van der Waals surface area contributed by atoms with E-state index in [1.807, 2.05) is 0 Å². The van der Waals surface area contributed by atoms with Crippen LogP contribution in [0.1, 0.15) is 41.5 Å². The molecule has 5 nitrogen and oxygen atoms in total. The summed E-state index contributed by atoms with van der Waals surface area (Å²) in [5, 5.41) is 2.17. The van der Waals surface area contributed by atoms with Crippen LogP contribution in [-0.2, 0) is 14.0 Å². The Morgan fingerprint density at radius 1 is 1.25 bits per heavy atom. The van der Waals surface area contributed by atoms with Gasteiger partial charge in [0.2, 0.25) is 0 Å². The van der Waals surface area contributed by atoms with Gasteiger partial charge in [0, 0.05) is 25.4 Å². The Hall–Kier alpha value is -0.555. The SMILES string of the molecule is COCCN1NC(C)=C(B2OC(C)(C)C(C)(C)O2)C1C. The van der Waals surface area contributed by atoms with Gasteiger partial charge in [0.1, 0.15) is 0 Å². The highest BCUT2D eigenvalue weighted by molar-refractivity contribution is 6.55. The summed E-state index contributed by atoms with van der Waals surface area (Å²) < 4.78 is 17.5. The van der Waals surface area contributed by atoms with Crippen molar-refractivity contribution in [3.05, 3.63) is 11.2 Å². The predicted molar refractivity (Wildman–Crippen MR) is 80.0 cm³/mol. The van der Waals surface area contributed by atoms with E-state index in [9.17, 15) is 0 Å². The van der Waals surface area contributed by atoms with E-state index in [0.29, 0.717) is 6.61 Å². The first-order valence-corrected chi connectivity index (χ1v) is 7.28. The van der Waals surface area contributed by atoms with Crippen molar-refractivity contribution in [1.82, 2.24) is 10.4 Å². The van der Waals surface area contributed by atoms with E-state index in [0.717, 1.165) is 12.2 Å². The minimum atomic E-state index is -0.301. The summed E-state index contributed by atoms with van der Waals surface area (Å²) in [6.45, 7) is 14.1. The fraction of sp³-hybridized carbons (Fsp3) is 0.857. The Morgan fingerprint density at radius 2 is 1.80 bits per heavy atom. The van der Waals surface area contributed by atoms with E-state index in [1.54, 1.807) is 7.11 Å². The minimum absolute atomic E-state index is 0.236. The number of nitrogens with zero attached hydrogens (tertiary/aromatic N) is 1. The molecule has 2 rings (SSSR count). The summed E-state index contributed by atoms with van der Waals surface area (Å²) in [7, 11) is 1.44. The Balaban J connectivity index is 2.12. The fourth-order valence-corrected chi connectivity index (χ4v) is 2.64.